The van der Waals surface area contributed by atoms with Crippen LogP contribution in [-0.4, -0.2) is 58.1 Å². The van der Waals surface area contributed by atoms with Crippen molar-refractivity contribution in [1.29, 1.82) is 0 Å². The van der Waals surface area contributed by atoms with Crippen LogP contribution in [0.4, 0.5) is 10.1 Å². The maximum absolute atomic E-state index is 14.6. The van der Waals surface area contributed by atoms with E-state index in [0.29, 0.717) is 0 Å². The summed E-state index contributed by atoms with van der Waals surface area (Å²) in [4.78, 5) is 36.9. The van der Waals surface area contributed by atoms with Crippen LogP contribution in [0, 0.1) is 15.9 Å². The average molecular weight is 430 g/mol. The predicted octanol–water partition coefficient (Wildman–Crippen LogP) is 2.16. The second-order valence-corrected chi connectivity index (χ2v) is 6.66. The molecule has 0 bridgehead atoms. The lowest BCUT2D eigenvalue weighted by molar-refractivity contribution is -0.384. The zero-order chi connectivity index (χ0) is 22.5. The van der Waals surface area contributed by atoms with Crippen LogP contribution in [-0.2, 0) is 14.3 Å². The maximum Gasteiger partial charge on any atom is 0.295 e. The number of carbonyl (C=O) groups excluding carboxylic acids is 2. The highest BCUT2D eigenvalue weighted by Crippen LogP contribution is 2.40. The van der Waals surface area contributed by atoms with Gasteiger partial charge < -0.3 is 19.8 Å². The summed E-state index contributed by atoms with van der Waals surface area (Å²) in [6.45, 7) is -0.352. The summed E-state index contributed by atoms with van der Waals surface area (Å²) < 4.78 is 19.8. The Bertz CT molecular complexity index is 1050. The molecule has 2 N–H and O–H groups in total. The number of likely N-dealkylation sites (tertiary alicyclic amines) is 1. The molecule has 1 aliphatic heterocycles. The van der Waals surface area contributed by atoms with Crippen LogP contribution in [0.1, 0.15) is 17.2 Å². The quantitative estimate of drug-likeness (QED) is 0.164. The number of halogens is 1. The number of Topliss-reactive ketones (excluding diaryl/α,β-unsaturated/α-hetero) is 1. The van der Waals surface area contributed by atoms with Gasteiger partial charge in [0.25, 0.3) is 17.4 Å². The molecule has 1 atom stereocenters. The normalized spacial score (nSPS) is 17.9. The number of benzene rings is 2. The number of ketones is 1. The fourth-order valence-electron chi connectivity index (χ4n) is 3.38. The smallest absolute Gasteiger partial charge is 0.295 e. The number of nitro benzene ring substituents is 1. The van der Waals surface area contributed by atoms with Gasteiger partial charge in [-0.05, 0) is 6.07 Å². The fraction of sp³-hybridized carbons (Fsp3) is 0.238. The van der Waals surface area contributed by atoms with E-state index in [2.05, 4.69) is 0 Å². The van der Waals surface area contributed by atoms with E-state index in [1.54, 1.807) is 0 Å². The first kappa shape index (κ1) is 22.1. The monoisotopic (exact) mass is 430 g/mol. The molecule has 31 heavy (non-hydrogen) atoms. The first-order valence-electron chi connectivity index (χ1n) is 9.33. The van der Waals surface area contributed by atoms with Crippen LogP contribution in [0.15, 0.2) is 54.1 Å². The van der Waals surface area contributed by atoms with E-state index in [9.17, 15) is 29.2 Å². The minimum absolute atomic E-state index is 0.0158. The number of hydrogen-bond acceptors (Lipinski definition) is 7. The number of rotatable bonds is 8. The van der Waals surface area contributed by atoms with Gasteiger partial charge in [0.2, 0.25) is 0 Å². The van der Waals surface area contributed by atoms with Crippen LogP contribution in [0.5, 0.6) is 0 Å². The fourth-order valence-corrected chi connectivity index (χ4v) is 3.38. The average Bonchev–Trinajstić information content (AvgIpc) is 3.01. The Hall–Kier alpha value is -3.63. The van der Waals surface area contributed by atoms with Crippen molar-refractivity contribution >= 4 is 23.1 Å². The van der Waals surface area contributed by atoms with Gasteiger partial charge in [-0.15, -0.1) is 0 Å². The number of nitro groups is 1. The molecular formula is C21H19FN2O7. The van der Waals surface area contributed by atoms with Gasteiger partial charge in [-0.1, -0.05) is 30.3 Å². The third-order valence-corrected chi connectivity index (χ3v) is 4.78. The van der Waals surface area contributed by atoms with Crippen molar-refractivity contribution in [3.8, 4) is 0 Å². The molecule has 10 heteroatoms. The van der Waals surface area contributed by atoms with E-state index < -0.39 is 34.2 Å². The summed E-state index contributed by atoms with van der Waals surface area (Å²) in [7, 11) is 0. The number of aliphatic hydroxyl groups excluding tert-OH is 2. The van der Waals surface area contributed by atoms with E-state index in [0.717, 1.165) is 17.0 Å². The molecule has 9 nitrogen and oxygen atoms in total. The zero-order valence-electron chi connectivity index (χ0n) is 16.2. The van der Waals surface area contributed by atoms with Crippen molar-refractivity contribution in [2.45, 2.75) is 6.04 Å². The summed E-state index contributed by atoms with van der Waals surface area (Å²) in [5.74, 6) is -3.35. The Balaban J connectivity index is 2.12. The van der Waals surface area contributed by atoms with E-state index in [1.807, 2.05) is 0 Å². The van der Waals surface area contributed by atoms with Crippen LogP contribution in [0.2, 0.25) is 0 Å². The topological polar surface area (TPSA) is 130 Å². The highest BCUT2D eigenvalue weighted by molar-refractivity contribution is 6.46. The molecule has 0 radical (unpaired) electrons. The number of non-ortho nitro benzene ring substituents is 1. The van der Waals surface area contributed by atoms with Gasteiger partial charge in [-0.3, -0.25) is 19.7 Å². The van der Waals surface area contributed by atoms with Crippen LogP contribution in [0.25, 0.3) is 5.76 Å². The van der Waals surface area contributed by atoms with Crippen molar-refractivity contribution in [2.24, 2.45) is 0 Å². The molecule has 1 unspecified atom stereocenters. The molecular weight excluding hydrogens is 411 g/mol. The van der Waals surface area contributed by atoms with Crippen LogP contribution >= 0.6 is 0 Å². The molecule has 0 aliphatic carbocycles. The Morgan fingerprint density at radius 1 is 1.16 bits per heavy atom. The lowest BCUT2D eigenvalue weighted by Gasteiger charge is -2.25. The minimum atomic E-state index is -1.25. The predicted molar refractivity (Wildman–Crippen MR) is 106 cm³/mol. The Labute approximate surface area is 176 Å². The standard InChI is InChI=1S/C21H19FN2O7/c22-16-7-2-1-6-15(16)18-17(19(26)13-4-3-5-14(12-13)24(29)30)20(27)21(28)23(18)8-10-31-11-9-25/h1-7,12,18,25-26H,8-11H2/b19-17+. The maximum atomic E-state index is 14.6. The summed E-state index contributed by atoms with van der Waals surface area (Å²) in [5.41, 5.74) is -0.767. The van der Waals surface area contributed by atoms with Crippen molar-refractivity contribution < 1.29 is 33.9 Å². The molecule has 0 spiro atoms. The van der Waals surface area contributed by atoms with Gasteiger partial charge in [0.1, 0.15) is 11.6 Å². The van der Waals surface area contributed by atoms with Gasteiger partial charge in [0.15, 0.2) is 0 Å². The minimum Gasteiger partial charge on any atom is -0.507 e. The molecule has 1 saturated heterocycles. The molecule has 2 aromatic rings. The number of aliphatic hydroxyl groups is 2. The molecule has 3 rings (SSSR count). The SMILES string of the molecule is O=C1C(=O)N(CCOCCO)C(c2ccccc2F)/C1=C(\O)c1cccc([N+](=O)[O-])c1. The highest BCUT2D eigenvalue weighted by atomic mass is 19.1. The molecule has 1 amide bonds. The molecule has 0 aromatic heterocycles. The van der Waals surface area contributed by atoms with Crippen molar-refractivity contribution in [3.05, 3.63) is 81.2 Å². The molecule has 162 valence electrons. The first-order chi connectivity index (χ1) is 14.9. The summed E-state index contributed by atoms with van der Waals surface area (Å²) in [6, 6.07) is 9.19. The number of carbonyl (C=O) groups is 2. The second-order valence-electron chi connectivity index (χ2n) is 6.66. The highest BCUT2D eigenvalue weighted by Gasteiger charge is 2.46. The third-order valence-electron chi connectivity index (χ3n) is 4.78. The van der Waals surface area contributed by atoms with Crippen LogP contribution < -0.4 is 0 Å². The number of ether oxygens (including phenoxy) is 1. The molecule has 0 saturated carbocycles. The van der Waals surface area contributed by atoms with Crippen molar-refractivity contribution in [3.63, 3.8) is 0 Å². The van der Waals surface area contributed by atoms with Gasteiger partial charge in [-0.2, -0.15) is 0 Å². The summed E-state index contributed by atoms with van der Waals surface area (Å²) in [6.07, 6.45) is 0. The second kappa shape index (κ2) is 9.45. The molecule has 1 heterocycles. The largest absolute Gasteiger partial charge is 0.507 e. The number of nitrogens with zero attached hydrogens (tertiary/aromatic N) is 2. The Kier molecular flexibility index (Phi) is 6.73. The van der Waals surface area contributed by atoms with Gasteiger partial charge >= 0.3 is 0 Å². The van der Waals surface area contributed by atoms with Crippen LogP contribution in [0.3, 0.4) is 0 Å². The Morgan fingerprint density at radius 2 is 1.90 bits per heavy atom. The van der Waals surface area contributed by atoms with Gasteiger partial charge in [0.05, 0.1) is 36.4 Å². The van der Waals surface area contributed by atoms with E-state index >= 15 is 0 Å². The van der Waals surface area contributed by atoms with Crippen molar-refractivity contribution in [1.82, 2.24) is 4.90 Å². The summed E-state index contributed by atoms with van der Waals surface area (Å²) >= 11 is 0. The van der Waals surface area contributed by atoms with Gasteiger partial charge in [0, 0.05) is 29.8 Å². The number of amides is 1. The number of hydrogen-bond donors (Lipinski definition) is 2. The summed E-state index contributed by atoms with van der Waals surface area (Å²) in [5, 5.41) is 30.7. The van der Waals surface area contributed by atoms with E-state index in [1.165, 1.54) is 36.4 Å². The lowest BCUT2D eigenvalue weighted by Crippen LogP contribution is -2.33. The molecule has 1 fully saturated rings. The molecule has 1 aliphatic rings. The van der Waals surface area contributed by atoms with E-state index in [4.69, 9.17) is 9.84 Å². The zero-order valence-corrected chi connectivity index (χ0v) is 16.2. The van der Waals surface area contributed by atoms with Crippen molar-refractivity contribution in [2.75, 3.05) is 26.4 Å². The Morgan fingerprint density at radius 3 is 2.58 bits per heavy atom. The third kappa shape index (κ3) is 4.44. The lowest BCUT2D eigenvalue weighted by atomic mass is 9.95. The first-order valence-corrected chi connectivity index (χ1v) is 9.33. The van der Waals surface area contributed by atoms with Gasteiger partial charge in [-0.25, -0.2) is 4.39 Å². The molecule has 2 aromatic carbocycles. The van der Waals surface area contributed by atoms with E-state index in [-0.39, 0.29) is 48.8 Å².